The van der Waals surface area contributed by atoms with Gasteiger partial charge in [-0.25, -0.2) is 0 Å². The fourth-order valence-electron chi connectivity index (χ4n) is 0.962. The van der Waals surface area contributed by atoms with Crippen LogP contribution in [0.3, 0.4) is 0 Å². The van der Waals surface area contributed by atoms with E-state index >= 15 is 0 Å². The molecule has 0 amide bonds. The van der Waals surface area contributed by atoms with E-state index in [0.29, 0.717) is 6.54 Å². The number of hydrogen-bond acceptors (Lipinski definition) is 4. The number of carbonyl (C=O) groups is 1. The summed E-state index contributed by atoms with van der Waals surface area (Å²) in [6.07, 6.45) is 3.41. The largest absolute Gasteiger partial charge is 0.480 e. The summed E-state index contributed by atoms with van der Waals surface area (Å²) in [5.74, 6) is -0.997. The van der Waals surface area contributed by atoms with Crippen molar-refractivity contribution in [1.29, 1.82) is 0 Å². The second kappa shape index (κ2) is 5.31. The van der Waals surface area contributed by atoms with E-state index in [9.17, 15) is 4.79 Å². The van der Waals surface area contributed by atoms with Crippen LogP contribution in [0.1, 0.15) is 5.56 Å². The lowest BCUT2D eigenvalue weighted by Crippen LogP contribution is -2.40. The maximum atomic E-state index is 10.4. The molecule has 0 bridgehead atoms. The van der Waals surface area contributed by atoms with E-state index in [1.807, 2.05) is 12.1 Å². The molecule has 1 aromatic heterocycles. The van der Waals surface area contributed by atoms with E-state index < -0.39 is 12.0 Å². The highest BCUT2D eigenvalue weighted by Crippen LogP contribution is 1.93. The Morgan fingerprint density at radius 2 is 2.50 bits per heavy atom. The number of carboxylic acids is 1. The Balaban J connectivity index is 2.26. The fourth-order valence-corrected chi connectivity index (χ4v) is 0.962. The van der Waals surface area contributed by atoms with Crippen LogP contribution in [0, 0.1) is 0 Å². The van der Waals surface area contributed by atoms with Crippen molar-refractivity contribution in [2.45, 2.75) is 12.6 Å². The van der Waals surface area contributed by atoms with Gasteiger partial charge in [0.1, 0.15) is 6.04 Å². The molecule has 0 radical (unpaired) electrons. The zero-order valence-corrected chi connectivity index (χ0v) is 7.68. The Hall–Kier alpha value is -1.46. The maximum absolute atomic E-state index is 10.4. The first-order valence-electron chi connectivity index (χ1n) is 4.28. The van der Waals surface area contributed by atoms with Crippen molar-refractivity contribution in [2.75, 3.05) is 6.54 Å². The minimum Gasteiger partial charge on any atom is -0.480 e. The minimum atomic E-state index is -0.997. The van der Waals surface area contributed by atoms with E-state index in [-0.39, 0.29) is 6.54 Å². The van der Waals surface area contributed by atoms with Gasteiger partial charge in [0.2, 0.25) is 0 Å². The van der Waals surface area contributed by atoms with Gasteiger partial charge >= 0.3 is 5.97 Å². The average Bonchev–Trinajstić information content (AvgIpc) is 2.19. The Morgan fingerprint density at radius 1 is 1.71 bits per heavy atom. The first kappa shape index (κ1) is 10.6. The van der Waals surface area contributed by atoms with E-state index in [0.717, 1.165) is 5.56 Å². The van der Waals surface area contributed by atoms with Gasteiger partial charge in [-0.1, -0.05) is 6.07 Å². The van der Waals surface area contributed by atoms with Gasteiger partial charge in [-0.15, -0.1) is 0 Å². The number of carboxylic acid groups (broad SMARTS) is 1. The van der Waals surface area contributed by atoms with Crippen LogP contribution >= 0.6 is 0 Å². The number of aliphatic carboxylic acids is 1. The van der Waals surface area contributed by atoms with Crippen LogP contribution < -0.4 is 11.1 Å². The second-order valence-corrected chi connectivity index (χ2v) is 2.94. The van der Waals surface area contributed by atoms with Crippen molar-refractivity contribution in [1.82, 2.24) is 10.3 Å². The molecule has 1 unspecified atom stereocenters. The molecule has 1 aromatic rings. The smallest absolute Gasteiger partial charge is 0.321 e. The number of hydrogen-bond donors (Lipinski definition) is 3. The van der Waals surface area contributed by atoms with Gasteiger partial charge in [0, 0.05) is 25.5 Å². The number of pyridine rings is 1. The van der Waals surface area contributed by atoms with E-state index in [2.05, 4.69) is 10.3 Å². The molecule has 76 valence electrons. The lowest BCUT2D eigenvalue weighted by molar-refractivity contribution is -0.138. The Morgan fingerprint density at radius 3 is 3.07 bits per heavy atom. The van der Waals surface area contributed by atoms with Gasteiger partial charge in [0.15, 0.2) is 0 Å². The SMILES string of the molecule is NC(CNCc1cccnc1)C(=O)O. The zero-order chi connectivity index (χ0) is 10.4. The Kier molecular flexibility index (Phi) is 4.03. The number of nitrogens with two attached hydrogens (primary N) is 1. The minimum absolute atomic E-state index is 0.254. The summed E-state index contributed by atoms with van der Waals surface area (Å²) < 4.78 is 0. The Labute approximate surface area is 82.0 Å². The quantitative estimate of drug-likeness (QED) is 0.594. The highest BCUT2D eigenvalue weighted by molar-refractivity contribution is 5.73. The van der Waals surface area contributed by atoms with Crippen molar-refractivity contribution < 1.29 is 9.90 Å². The molecule has 5 heteroatoms. The summed E-state index contributed by atoms with van der Waals surface area (Å²) in [5.41, 5.74) is 6.31. The van der Waals surface area contributed by atoms with Gasteiger partial charge in [-0.05, 0) is 11.6 Å². The first-order chi connectivity index (χ1) is 6.70. The van der Waals surface area contributed by atoms with Crippen LogP contribution in [0.2, 0.25) is 0 Å². The number of nitrogens with zero attached hydrogens (tertiary/aromatic N) is 1. The van der Waals surface area contributed by atoms with Gasteiger partial charge in [0.05, 0.1) is 0 Å². The summed E-state index contributed by atoms with van der Waals surface area (Å²) >= 11 is 0. The third kappa shape index (κ3) is 3.51. The van der Waals surface area contributed by atoms with Crippen LogP contribution in [-0.2, 0) is 11.3 Å². The van der Waals surface area contributed by atoms with Crippen LogP contribution in [0.15, 0.2) is 24.5 Å². The number of nitrogens with one attached hydrogen (secondary N) is 1. The fraction of sp³-hybridized carbons (Fsp3) is 0.333. The van der Waals surface area contributed by atoms with Crippen LogP contribution in [0.4, 0.5) is 0 Å². The molecule has 0 saturated carbocycles. The second-order valence-electron chi connectivity index (χ2n) is 2.94. The predicted octanol–water partition coefficient (Wildman–Crippen LogP) is -0.417. The molecular weight excluding hydrogens is 182 g/mol. The van der Waals surface area contributed by atoms with Crippen molar-refractivity contribution >= 4 is 5.97 Å². The highest BCUT2D eigenvalue weighted by atomic mass is 16.4. The molecule has 1 heterocycles. The topological polar surface area (TPSA) is 88.2 Å². The van der Waals surface area contributed by atoms with Crippen LogP contribution in [0.5, 0.6) is 0 Å². The number of rotatable bonds is 5. The van der Waals surface area contributed by atoms with Gasteiger partial charge in [-0.2, -0.15) is 0 Å². The van der Waals surface area contributed by atoms with E-state index in [1.165, 1.54) is 0 Å². The molecule has 0 aromatic carbocycles. The molecule has 1 rings (SSSR count). The molecule has 0 saturated heterocycles. The standard InChI is InChI=1S/C9H13N3O2/c10-8(9(13)14)6-12-5-7-2-1-3-11-4-7/h1-4,8,12H,5-6,10H2,(H,13,14). The lowest BCUT2D eigenvalue weighted by Gasteiger charge is -2.07. The molecular formula is C9H13N3O2. The van der Waals surface area contributed by atoms with Crippen molar-refractivity contribution in [3.63, 3.8) is 0 Å². The Bertz CT molecular complexity index is 289. The molecule has 0 aliphatic heterocycles. The summed E-state index contributed by atoms with van der Waals surface area (Å²) in [6, 6.07) is 2.88. The summed E-state index contributed by atoms with van der Waals surface area (Å²) in [6.45, 7) is 0.832. The predicted molar refractivity (Wildman–Crippen MR) is 51.6 cm³/mol. The summed E-state index contributed by atoms with van der Waals surface area (Å²) in [5, 5.41) is 11.4. The monoisotopic (exact) mass is 195 g/mol. The zero-order valence-electron chi connectivity index (χ0n) is 7.68. The third-order valence-corrected chi connectivity index (χ3v) is 1.73. The molecule has 1 atom stereocenters. The molecule has 5 nitrogen and oxygen atoms in total. The molecule has 0 aliphatic carbocycles. The lowest BCUT2D eigenvalue weighted by atomic mass is 10.2. The highest BCUT2D eigenvalue weighted by Gasteiger charge is 2.09. The molecule has 0 spiro atoms. The molecule has 0 fully saturated rings. The number of aromatic nitrogens is 1. The molecule has 0 aliphatic rings. The summed E-state index contributed by atoms with van der Waals surface area (Å²) in [4.78, 5) is 14.3. The van der Waals surface area contributed by atoms with E-state index in [1.54, 1.807) is 12.4 Å². The van der Waals surface area contributed by atoms with E-state index in [4.69, 9.17) is 10.8 Å². The van der Waals surface area contributed by atoms with Crippen molar-refractivity contribution in [2.24, 2.45) is 5.73 Å². The average molecular weight is 195 g/mol. The van der Waals surface area contributed by atoms with Crippen LogP contribution in [0.25, 0.3) is 0 Å². The van der Waals surface area contributed by atoms with Crippen LogP contribution in [-0.4, -0.2) is 28.6 Å². The normalized spacial score (nSPS) is 12.4. The summed E-state index contributed by atoms with van der Waals surface area (Å²) in [7, 11) is 0. The first-order valence-corrected chi connectivity index (χ1v) is 4.28. The van der Waals surface area contributed by atoms with Gasteiger partial charge < -0.3 is 16.2 Å². The van der Waals surface area contributed by atoms with Crippen molar-refractivity contribution in [3.05, 3.63) is 30.1 Å². The van der Waals surface area contributed by atoms with Gasteiger partial charge in [-0.3, -0.25) is 9.78 Å². The molecule has 4 N–H and O–H groups in total. The third-order valence-electron chi connectivity index (χ3n) is 1.73. The maximum Gasteiger partial charge on any atom is 0.321 e. The van der Waals surface area contributed by atoms with Crippen molar-refractivity contribution in [3.8, 4) is 0 Å². The van der Waals surface area contributed by atoms with Gasteiger partial charge in [0.25, 0.3) is 0 Å². The molecule has 14 heavy (non-hydrogen) atoms.